The highest BCUT2D eigenvalue weighted by atomic mass is 32.1. The van der Waals surface area contributed by atoms with Crippen LogP contribution in [0.5, 0.6) is 0 Å². The third-order valence-electron chi connectivity index (χ3n) is 1.98. The zero-order valence-corrected chi connectivity index (χ0v) is 7.64. The highest BCUT2D eigenvalue weighted by Gasteiger charge is 2.24. The van der Waals surface area contributed by atoms with Crippen molar-refractivity contribution < 1.29 is 9.53 Å². The molecule has 0 amide bonds. The van der Waals surface area contributed by atoms with E-state index in [1.165, 1.54) is 12.8 Å². The van der Waals surface area contributed by atoms with Gasteiger partial charge in [0, 0.05) is 0 Å². The number of esters is 1. The summed E-state index contributed by atoms with van der Waals surface area (Å²) in [7, 11) is 0. The minimum Gasteiger partial charge on any atom is -0.452 e. The van der Waals surface area contributed by atoms with Crippen molar-refractivity contribution in [3.05, 3.63) is 0 Å². The van der Waals surface area contributed by atoms with Crippen molar-refractivity contribution in [1.29, 1.82) is 0 Å². The summed E-state index contributed by atoms with van der Waals surface area (Å²) in [5.41, 5.74) is -0.261. The lowest BCUT2D eigenvalue weighted by atomic mass is 10.1. The second-order valence-electron chi connectivity index (χ2n) is 3.02. The van der Waals surface area contributed by atoms with Crippen LogP contribution in [0.15, 0.2) is 0 Å². The van der Waals surface area contributed by atoms with Gasteiger partial charge < -0.3 is 4.74 Å². The van der Waals surface area contributed by atoms with E-state index in [2.05, 4.69) is 12.6 Å². The van der Waals surface area contributed by atoms with E-state index in [0.29, 0.717) is 0 Å². The topological polar surface area (TPSA) is 26.3 Å². The van der Waals surface area contributed by atoms with Crippen molar-refractivity contribution in [1.82, 2.24) is 0 Å². The Hall–Kier alpha value is -0.180. The first-order valence-electron chi connectivity index (χ1n) is 4.08. The lowest BCUT2D eigenvalue weighted by Crippen LogP contribution is -2.17. The molecule has 1 fully saturated rings. The number of carbonyl (C=O) groups is 1. The fraction of sp³-hybridized carbons (Fsp3) is 0.875. The summed E-state index contributed by atoms with van der Waals surface area (Å²) in [5, 5.41) is 0. The van der Waals surface area contributed by atoms with Crippen molar-refractivity contribution >= 4 is 18.6 Å². The van der Waals surface area contributed by atoms with Gasteiger partial charge in [-0.05, 0) is 19.8 Å². The van der Waals surface area contributed by atoms with Gasteiger partial charge in [0.05, 0.1) is 5.92 Å². The molecule has 1 saturated carbocycles. The molecule has 1 unspecified atom stereocenters. The van der Waals surface area contributed by atoms with E-state index in [0.717, 1.165) is 12.8 Å². The average Bonchev–Trinajstić information content (AvgIpc) is 2.35. The predicted octanol–water partition coefficient (Wildman–Crippen LogP) is 2.00. The Morgan fingerprint density at radius 2 is 2.09 bits per heavy atom. The van der Waals surface area contributed by atoms with Crippen molar-refractivity contribution in [2.75, 3.05) is 0 Å². The Bertz CT molecular complexity index is 139. The summed E-state index contributed by atoms with van der Waals surface area (Å²) in [5.74, 6) is 0.0922. The van der Waals surface area contributed by atoms with Crippen molar-refractivity contribution in [3.8, 4) is 0 Å². The molecule has 64 valence electrons. The quantitative estimate of drug-likeness (QED) is 0.393. The summed E-state index contributed by atoms with van der Waals surface area (Å²) < 4.78 is 4.96. The molecule has 0 N–H and O–H groups in total. The summed E-state index contributed by atoms with van der Waals surface area (Å²) in [6, 6.07) is 0. The van der Waals surface area contributed by atoms with Gasteiger partial charge in [0.15, 0.2) is 0 Å². The zero-order chi connectivity index (χ0) is 8.27. The molecule has 0 aromatic rings. The molecule has 3 heteroatoms. The number of rotatable bonds is 2. The van der Waals surface area contributed by atoms with Gasteiger partial charge in [-0.3, -0.25) is 4.79 Å². The van der Waals surface area contributed by atoms with Crippen molar-refractivity contribution in [2.24, 2.45) is 5.92 Å². The first-order valence-corrected chi connectivity index (χ1v) is 4.60. The summed E-state index contributed by atoms with van der Waals surface area (Å²) in [4.78, 5) is 11.2. The summed E-state index contributed by atoms with van der Waals surface area (Å²) in [6.45, 7) is 1.76. The van der Waals surface area contributed by atoms with Crippen molar-refractivity contribution in [3.63, 3.8) is 0 Å². The van der Waals surface area contributed by atoms with E-state index in [4.69, 9.17) is 4.74 Å². The van der Waals surface area contributed by atoms with Crippen LogP contribution in [0.2, 0.25) is 0 Å². The van der Waals surface area contributed by atoms with Gasteiger partial charge in [-0.25, -0.2) is 0 Å². The number of carbonyl (C=O) groups excluding carboxylic acids is 1. The van der Waals surface area contributed by atoms with E-state index in [-0.39, 0.29) is 17.3 Å². The monoisotopic (exact) mass is 174 g/mol. The number of ether oxygens (including phenoxy) is 1. The summed E-state index contributed by atoms with van der Waals surface area (Å²) in [6.07, 6.45) is 4.33. The van der Waals surface area contributed by atoms with Crippen LogP contribution in [0.1, 0.15) is 32.6 Å². The first kappa shape index (κ1) is 8.91. The van der Waals surface area contributed by atoms with Gasteiger partial charge in [-0.15, -0.1) is 12.6 Å². The molecule has 0 spiro atoms. The van der Waals surface area contributed by atoms with Crippen LogP contribution >= 0.6 is 12.6 Å². The maximum absolute atomic E-state index is 11.2. The lowest BCUT2D eigenvalue weighted by Gasteiger charge is -2.11. The molecule has 0 aromatic carbocycles. The molecule has 1 aliphatic rings. The molecule has 0 saturated heterocycles. The summed E-state index contributed by atoms with van der Waals surface area (Å²) >= 11 is 3.99. The van der Waals surface area contributed by atoms with Crippen LogP contribution < -0.4 is 0 Å². The molecule has 0 bridgehead atoms. The Morgan fingerprint density at radius 3 is 2.55 bits per heavy atom. The largest absolute Gasteiger partial charge is 0.452 e. The highest BCUT2D eigenvalue weighted by molar-refractivity contribution is 7.80. The third kappa shape index (κ3) is 2.73. The maximum atomic E-state index is 11.2. The van der Waals surface area contributed by atoms with E-state index in [1.807, 2.05) is 0 Å². The molecule has 0 aliphatic heterocycles. The van der Waals surface area contributed by atoms with Gasteiger partial charge in [-0.2, -0.15) is 0 Å². The maximum Gasteiger partial charge on any atom is 0.310 e. The van der Waals surface area contributed by atoms with Gasteiger partial charge in [0.25, 0.3) is 0 Å². The predicted molar refractivity (Wildman–Crippen MR) is 46.5 cm³/mol. The second-order valence-corrected chi connectivity index (χ2v) is 3.74. The zero-order valence-electron chi connectivity index (χ0n) is 6.75. The van der Waals surface area contributed by atoms with Gasteiger partial charge in [0.1, 0.15) is 5.44 Å². The Balaban J connectivity index is 2.28. The number of hydrogen-bond donors (Lipinski definition) is 1. The Labute approximate surface area is 72.7 Å². The van der Waals surface area contributed by atoms with Crippen LogP contribution in [0.3, 0.4) is 0 Å². The van der Waals surface area contributed by atoms with E-state index < -0.39 is 0 Å². The SMILES string of the molecule is CC(S)OC(=O)C1CCCC1. The minimum absolute atomic E-state index is 0.0648. The van der Waals surface area contributed by atoms with Crippen LogP contribution in [-0.4, -0.2) is 11.4 Å². The molecule has 0 radical (unpaired) electrons. The normalized spacial score (nSPS) is 21.6. The van der Waals surface area contributed by atoms with Gasteiger partial charge in [0.2, 0.25) is 0 Å². The fourth-order valence-electron chi connectivity index (χ4n) is 1.43. The fourth-order valence-corrected chi connectivity index (χ4v) is 1.53. The molecule has 2 nitrogen and oxygen atoms in total. The molecule has 0 aromatic heterocycles. The smallest absolute Gasteiger partial charge is 0.310 e. The number of hydrogen-bond acceptors (Lipinski definition) is 3. The molecule has 0 heterocycles. The van der Waals surface area contributed by atoms with Crippen LogP contribution in [0.4, 0.5) is 0 Å². The van der Waals surface area contributed by atoms with Crippen LogP contribution in [0.25, 0.3) is 0 Å². The number of thiol groups is 1. The van der Waals surface area contributed by atoms with E-state index in [1.54, 1.807) is 6.92 Å². The molecular formula is C8H14O2S. The Kier molecular flexibility index (Phi) is 3.24. The van der Waals surface area contributed by atoms with E-state index in [9.17, 15) is 4.79 Å². The van der Waals surface area contributed by atoms with Crippen LogP contribution in [-0.2, 0) is 9.53 Å². The standard InChI is InChI=1S/C8H14O2S/c1-6(11)10-8(9)7-4-2-3-5-7/h6-7,11H,2-5H2,1H3. The average molecular weight is 174 g/mol. The van der Waals surface area contributed by atoms with Crippen LogP contribution in [0, 0.1) is 5.92 Å². The van der Waals surface area contributed by atoms with E-state index >= 15 is 0 Å². The second kappa shape index (κ2) is 4.00. The highest BCUT2D eigenvalue weighted by Crippen LogP contribution is 2.26. The van der Waals surface area contributed by atoms with Crippen molar-refractivity contribution in [2.45, 2.75) is 38.0 Å². The molecule has 1 rings (SSSR count). The lowest BCUT2D eigenvalue weighted by molar-refractivity contribution is -0.149. The minimum atomic E-state index is -0.261. The third-order valence-corrected chi connectivity index (χ3v) is 2.08. The Morgan fingerprint density at radius 1 is 1.55 bits per heavy atom. The van der Waals surface area contributed by atoms with Gasteiger partial charge in [-0.1, -0.05) is 12.8 Å². The first-order chi connectivity index (χ1) is 5.20. The molecular weight excluding hydrogens is 160 g/mol. The molecule has 1 aliphatic carbocycles. The molecule has 1 atom stereocenters. The molecule has 11 heavy (non-hydrogen) atoms. The van der Waals surface area contributed by atoms with Gasteiger partial charge >= 0.3 is 5.97 Å².